The molecule has 2 heterocycles. The van der Waals surface area contributed by atoms with Gasteiger partial charge in [0.15, 0.2) is 11.5 Å². The fourth-order valence-corrected chi connectivity index (χ4v) is 3.45. The number of morpholine rings is 1. The molecule has 24 heavy (non-hydrogen) atoms. The van der Waals surface area contributed by atoms with Gasteiger partial charge in [0.25, 0.3) is 0 Å². The second kappa shape index (κ2) is 6.19. The molecule has 0 saturated carbocycles. The Hall–Kier alpha value is -2.50. The molecule has 0 spiro atoms. The van der Waals surface area contributed by atoms with Crippen LogP contribution in [0, 0.1) is 0 Å². The summed E-state index contributed by atoms with van der Waals surface area (Å²) in [5.74, 6) is -0.191. The van der Waals surface area contributed by atoms with Gasteiger partial charge in [0, 0.05) is 30.2 Å². The average molecular weight is 324 g/mol. The van der Waals surface area contributed by atoms with E-state index >= 15 is 0 Å². The van der Waals surface area contributed by atoms with E-state index in [9.17, 15) is 10.2 Å². The normalized spacial score (nSPS) is 17.2. The number of phenolic OH excluding ortho intramolecular Hbond substituents is 2. The van der Waals surface area contributed by atoms with Gasteiger partial charge in [-0.2, -0.15) is 0 Å². The summed E-state index contributed by atoms with van der Waals surface area (Å²) in [6, 6.07) is 13.3. The molecule has 0 bridgehead atoms. The number of fused-ring (bicyclic) bond motifs is 1. The molecule has 1 aliphatic heterocycles. The number of aromatic amines is 1. The van der Waals surface area contributed by atoms with Crippen molar-refractivity contribution in [2.24, 2.45) is 0 Å². The lowest BCUT2D eigenvalue weighted by molar-refractivity contribution is 0.0241. The number of phenols is 2. The molecule has 0 radical (unpaired) electrons. The standard InChI is InChI=1S/C19H20N2O3/c22-17-6-5-13(11-18(17)23)19(21-7-9-24-10-8-21)15-12-20-16-4-2-1-3-14(15)16/h1-6,11-12,19-20,22-23H,7-10H2. The quantitative estimate of drug-likeness (QED) is 0.648. The molecule has 1 fully saturated rings. The first-order valence-electron chi connectivity index (χ1n) is 8.14. The molecule has 124 valence electrons. The van der Waals surface area contributed by atoms with E-state index in [0.717, 1.165) is 29.7 Å². The number of hydrogen-bond donors (Lipinski definition) is 3. The molecule has 0 amide bonds. The lowest BCUT2D eigenvalue weighted by Gasteiger charge is -2.35. The highest BCUT2D eigenvalue weighted by Crippen LogP contribution is 2.37. The minimum atomic E-state index is -0.0987. The smallest absolute Gasteiger partial charge is 0.157 e. The summed E-state index contributed by atoms with van der Waals surface area (Å²) in [4.78, 5) is 5.69. The van der Waals surface area contributed by atoms with Gasteiger partial charge in [-0.1, -0.05) is 24.3 Å². The molecule has 1 atom stereocenters. The number of para-hydroxylation sites is 1. The van der Waals surface area contributed by atoms with Gasteiger partial charge < -0.3 is 19.9 Å². The van der Waals surface area contributed by atoms with E-state index in [0.29, 0.717) is 13.2 Å². The summed E-state index contributed by atoms with van der Waals surface area (Å²) in [6.07, 6.45) is 2.04. The first-order chi connectivity index (χ1) is 11.7. The number of aromatic nitrogens is 1. The second-order valence-electron chi connectivity index (χ2n) is 6.09. The monoisotopic (exact) mass is 324 g/mol. The zero-order chi connectivity index (χ0) is 16.5. The molecule has 3 aromatic rings. The number of H-pyrrole nitrogens is 1. The molecule has 1 unspecified atom stereocenters. The van der Waals surface area contributed by atoms with E-state index < -0.39 is 0 Å². The number of benzene rings is 2. The van der Waals surface area contributed by atoms with Crippen LogP contribution in [0.2, 0.25) is 0 Å². The number of nitrogens with zero attached hydrogens (tertiary/aromatic N) is 1. The fourth-order valence-electron chi connectivity index (χ4n) is 3.45. The highest BCUT2D eigenvalue weighted by molar-refractivity contribution is 5.84. The highest BCUT2D eigenvalue weighted by atomic mass is 16.5. The highest BCUT2D eigenvalue weighted by Gasteiger charge is 2.27. The first-order valence-corrected chi connectivity index (χ1v) is 8.14. The lowest BCUT2D eigenvalue weighted by atomic mass is 9.95. The zero-order valence-corrected chi connectivity index (χ0v) is 13.3. The van der Waals surface area contributed by atoms with Crippen molar-refractivity contribution in [3.05, 3.63) is 59.8 Å². The number of ether oxygens (including phenoxy) is 1. The Balaban J connectivity index is 1.84. The van der Waals surface area contributed by atoms with Crippen LogP contribution < -0.4 is 0 Å². The van der Waals surface area contributed by atoms with Crippen molar-refractivity contribution in [2.75, 3.05) is 26.3 Å². The van der Waals surface area contributed by atoms with Crippen LogP contribution in [0.25, 0.3) is 10.9 Å². The minimum Gasteiger partial charge on any atom is -0.504 e. The van der Waals surface area contributed by atoms with Gasteiger partial charge in [-0.3, -0.25) is 4.90 Å². The van der Waals surface area contributed by atoms with Crippen molar-refractivity contribution in [1.29, 1.82) is 0 Å². The Kier molecular flexibility index (Phi) is 3.88. The molecule has 0 aliphatic carbocycles. The minimum absolute atomic E-state index is 0.00319. The van der Waals surface area contributed by atoms with Gasteiger partial charge in [0.05, 0.1) is 19.3 Å². The second-order valence-corrected chi connectivity index (χ2v) is 6.09. The van der Waals surface area contributed by atoms with E-state index in [1.54, 1.807) is 12.1 Å². The van der Waals surface area contributed by atoms with Crippen molar-refractivity contribution < 1.29 is 14.9 Å². The average Bonchev–Trinajstić information content (AvgIpc) is 3.03. The molecule has 1 aliphatic rings. The molecule has 2 aromatic carbocycles. The van der Waals surface area contributed by atoms with Gasteiger partial charge in [-0.15, -0.1) is 0 Å². The van der Waals surface area contributed by atoms with Crippen LogP contribution in [0.15, 0.2) is 48.7 Å². The van der Waals surface area contributed by atoms with Crippen LogP contribution >= 0.6 is 0 Å². The molecule has 1 aromatic heterocycles. The maximum absolute atomic E-state index is 9.96. The largest absolute Gasteiger partial charge is 0.504 e. The van der Waals surface area contributed by atoms with E-state index in [4.69, 9.17) is 4.74 Å². The van der Waals surface area contributed by atoms with Crippen molar-refractivity contribution >= 4 is 10.9 Å². The van der Waals surface area contributed by atoms with Crippen LogP contribution in [0.5, 0.6) is 11.5 Å². The fraction of sp³-hybridized carbons (Fsp3) is 0.263. The predicted octanol–water partition coefficient (Wildman–Crippen LogP) is 3.00. The van der Waals surface area contributed by atoms with Gasteiger partial charge in [0.2, 0.25) is 0 Å². The number of hydrogen-bond acceptors (Lipinski definition) is 4. The Labute approximate surface area is 140 Å². The Morgan fingerprint density at radius 1 is 1.00 bits per heavy atom. The number of aromatic hydroxyl groups is 2. The van der Waals surface area contributed by atoms with Crippen LogP contribution in [0.4, 0.5) is 0 Å². The maximum atomic E-state index is 9.96. The van der Waals surface area contributed by atoms with E-state index in [1.165, 1.54) is 5.39 Å². The summed E-state index contributed by atoms with van der Waals surface area (Å²) < 4.78 is 5.49. The van der Waals surface area contributed by atoms with Crippen LogP contribution in [0.1, 0.15) is 17.2 Å². The number of rotatable bonds is 3. The van der Waals surface area contributed by atoms with Gasteiger partial charge >= 0.3 is 0 Å². The molecule has 4 rings (SSSR count). The molecular weight excluding hydrogens is 304 g/mol. The Bertz CT molecular complexity index is 853. The third-order valence-corrected chi connectivity index (χ3v) is 4.64. The molecule has 3 N–H and O–H groups in total. The maximum Gasteiger partial charge on any atom is 0.157 e. The lowest BCUT2D eigenvalue weighted by Crippen LogP contribution is -2.39. The summed E-state index contributed by atoms with van der Waals surface area (Å²) in [6.45, 7) is 3.05. The Morgan fingerprint density at radius 3 is 2.58 bits per heavy atom. The summed E-state index contributed by atoms with van der Waals surface area (Å²) in [5.41, 5.74) is 3.21. The Morgan fingerprint density at radius 2 is 1.79 bits per heavy atom. The van der Waals surface area contributed by atoms with Crippen molar-refractivity contribution in [3.8, 4) is 11.5 Å². The van der Waals surface area contributed by atoms with E-state index in [2.05, 4.69) is 22.0 Å². The molecular formula is C19H20N2O3. The van der Waals surface area contributed by atoms with Crippen LogP contribution in [-0.4, -0.2) is 46.4 Å². The van der Waals surface area contributed by atoms with Crippen molar-refractivity contribution in [3.63, 3.8) is 0 Å². The van der Waals surface area contributed by atoms with Crippen molar-refractivity contribution in [1.82, 2.24) is 9.88 Å². The molecule has 5 nitrogen and oxygen atoms in total. The third kappa shape index (κ3) is 2.62. The topological polar surface area (TPSA) is 68.7 Å². The van der Waals surface area contributed by atoms with Gasteiger partial charge in [-0.25, -0.2) is 0 Å². The summed E-state index contributed by atoms with van der Waals surface area (Å²) >= 11 is 0. The summed E-state index contributed by atoms with van der Waals surface area (Å²) in [7, 11) is 0. The molecule has 5 heteroatoms. The first kappa shape index (κ1) is 15.1. The predicted molar refractivity (Wildman–Crippen MR) is 92.3 cm³/mol. The summed E-state index contributed by atoms with van der Waals surface area (Å²) in [5, 5.41) is 20.8. The van der Waals surface area contributed by atoms with Crippen LogP contribution in [0.3, 0.4) is 0 Å². The van der Waals surface area contributed by atoms with Gasteiger partial charge in [-0.05, 0) is 29.3 Å². The van der Waals surface area contributed by atoms with E-state index in [-0.39, 0.29) is 17.5 Å². The third-order valence-electron chi connectivity index (χ3n) is 4.64. The SMILES string of the molecule is Oc1ccc(C(c2c[nH]c3ccccc23)N2CCOCC2)cc1O. The number of nitrogens with one attached hydrogen (secondary N) is 1. The van der Waals surface area contributed by atoms with Crippen molar-refractivity contribution in [2.45, 2.75) is 6.04 Å². The van der Waals surface area contributed by atoms with E-state index in [1.807, 2.05) is 24.4 Å². The zero-order valence-electron chi connectivity index (χ0n) is 13.3. The van der Waals surface area contributed by atoms with Crippen LogP contribution in [-0.2, 0) is 4.74 Å². The molecule has 1 saturated heterocycles. The van der Waals surface area contributed by atoms with Gasteiger partial charge in [0.1, 0.15) is 0 Å².